The lowest BCUT2D eigenvalue weighted by Crippen LogP contribution is -2.30. The Morgan fingerprint density at radius 1 is 0.247 bits per heavy atom. The second kappa shape index (κ2) is 66.7. The molecule has 1 unspecified atom stereocenters. The third kappa shape index (κ3) is 64.9. The molecule has 0 aliphatic rings. The fourth-order valence-corrected chi connectivity index (χ4v) is 11.0. The van der Waals surface area contributed by atoms with Crippen molar-refractivity contribution in [1.29, 1.82) is 0 Å². The fourth-order valence-electron chi connectivity index (χ4n) is 11.0. The van der Waals surface area contributed by atoms with Gasteiger partial charge in [-0.05, 0) is 38.5 Å². The Kier molecular flexibility index (Phi) is 65.1. The number of rotatable bonds is 66. The topological polar surface area (TPSA) is 78.9 Å². The first kappa shape index (κ1) is 75.2. The fraction of sp³-hybridized carbons (Fsp3) is 0.930. The van der Waals surface area contributed by atoms with Crippen molar-refractivity contribution in [2.24, 2.45) is 0 Å². The highest BCUT2D eigenvalue weighted by Gasteiger charge is 2.19. The van der Waals surface area contributed by atoms with Crippen LogP contribution in [0.15, 0.2) is 12.2 Å². The van der Waals surface area contributed by atoms with Gasteiger partial charge in [0.15, 0.2) is 6.10 Å². The highest BCUT2D eigenvalue weighted by Crippen LogP contribution is 2.19. The predicted octanol–water partition coefficient (Wildman–Crippen LogP) is 24.0. The molecule has 0 aromatic rings. The van der Waals surface area contributed by atoms with Crippen LogP contribution in [0, 0.1) is 0 Å². The van der Waals surface area contributed by atoms with Gasteiger partial charge in [-0.2, -0.15) is 0 Å². The average Bonchev–Trinajstić information content (AvgIpc) is 3.43. The van der Waals surface area contributed by atoms with E-state index in [-0.39, 0.29) is 31.1 Å². The van der Waals surface area contributed by atoms with Gasteiger partial charge in [0, 0.05) is 19.3 Å². The van der Waals surface area contributed by atoms with E-state index in [0.29, 0.717) is 19.3 Å². The van der Waals surface area contributed by atoms with Crippen LogP contribution in [0.1, 0.15) is 406 Å². The molecule has 6 heteroatoms. The Balaban J connectivity index is 4.11. The van der Waals surface area contributed by atoms with E-state index in [1.165, 1.54) is 295 Å². The lowest BCUT2D eigenvalue weighted by Gasteiger charge is -2.18. The zero-order chi connectivity index (χ0) is 55.7. The number of allylic oxidation sites excluding steroid dienone is 2. The highest BCUT2D eigenvalue weighted by molar-refractivity contribution is 5.71. The van der Waals surface area contributed by atoms with Crippen molar-refractivity contribution in [3.05, 3.63) is 12.2 Å². The average molecular weight is 1090 g/mol. The summed E-state index contributed by atoms with van der Waals surface area (Å²) in [6.45, 7) is 6.66. The first-order valence-electron chi connectivity index (χ1n) is 35.2. The Labute approximate surface area is 481 Å². The van der Waals surface area contributed by atoms with Gasteiger partial charge in [-0.1, -0.05) is 360 Å². The molecule has 0 N–H and O–H groups in total. The molecule has 0 aromatic carbocycles. The third-order valence-electron chi connectivity index (χ3n) is 16.3. The Hall–Kier alpha value is -1.85. The molecular weight excluding hydrogens is 949 g/mol. The summed E-state index contributed by atoms with van der Waals surface area (Å²) in [4.78, 5) is 38.3. The minimum Gasteiger partial charge on any atom is -0.462 e. The molecule has 0 aromatic heterocycles. The van der Waals surface area contributed by atoms with E-state index in [2.05, 4.69) is 32.9 Å². The summed E-state index contributed by atoms with van der Waals surface area (Å²) in [5.74, 6) is -0.844. The van der Waals surface area contributed by atoms with E-state index in [4.69, 9.17) is 14.2 Å². The van der Waals surface area contributed by atoms with Crippen LogP contribution in [0.5, 0.6) is 0 Å². The van der Waals surface area contributed by atoms with Crippen LogP contribution >= 0.6 is 0 Å². The second-order valence-corrected chi connectivity index (χ2v) is 24.2. The van der Waals surface area contributed by atoms with Crippen LogP contribution < -0.4 is 0 Å². The molecule has 1 atom stereocenters. The molecule has 6 nitrogen and oxygen atoms in total. The van der Waals surface area contributed by atoms with Crippen molar-refractivity contribution in [1.82, 2.24) is 0 Å². The number of hydrogen-bond acceptors (Lipinski definition) is 6. The monoisotopic (exact) mass is 1090 g/mol. The molecule has 0 aliphatic heterocycles. The zero-order valence-corrected chi connectivity index (χ0v) is 52.5. The third-order valence-corrected chi connectivity index (χ3v) is 16.3. The lowest BCUT2D eigenvalue weighted by molar-refractivity contribution is -0.167. The molecule has 77 heavy (non-hydrogen) atoms. The van der Waals surface area contributed by atoms with E-state index < -0.39 is 6.10 Å². The van der Waals surface area contributed by atoms with E-state index in [1.54, 1.807) is 0 Å². The number of ether oxygens (including phenoxy) is 3. The van der Waals surface area contributed by atoms with E-state index >= 15 is 0 Å². The van der Waals surface area contributed by atoms with E-state index in [1.807, 2.05) is 0 Å². The van der Waals surface area contributed by atoms with Crippen molar-refractivity contribution in [2.75, 3.05) is 13.2 Å². The largest absolute Gasteiger partial charge is 0.462 e. The van der Waals surface area contributed by atoms with Crippen molar-refractivity contribution in [2.45, 2.75) is 412 Å². The summed E-state index contributed by atoms with van der Waals surface area (Å²) in [7, 11) is 0. The lowest BCUT2D eigenvalue weighted by atomic mass is 10.0. The number of hydrogen-bond donors (Lipinski definition) is 0. The first-order chi connectivity index (χ1) is 38.0. The van der Waals surface area contributed by atoms with Crippen LogP contribution in [-0.2, 0) is 28.6 Å². The molecule has 0 heterocycles. The minimum atomic E-state index is -0.769. The summed E-state index contributed by atoms with van der Waals surface area (Å²) in [6, 6.07) is 0. The molecule has 0 fully saturated rings. The van der Waals surface area contributed by atoms with Crippen molar-refractivity contribution < 1.29 is 28.6 Å². The number of carbonyl (C=O) groups excluding carboxylic acids is 3. The Bertz CT molecular complexity index is 1200. The number of esters is 3. The Morgan fingerprint density at radius 3 is 0.701 bits per heavy atom. The summed E-state index contributed by atoms with van der Waals surface area (Å²) < 4.78 is 16.9. The standard InChI is InChI=1S/C71H136O6/c1-4-7-10-13-16-19-22-24-26-28-30-32-34-36-38-39-41-43-45-47-49-52-55-58-61-64-70(73)76-67-68(66-75-69(72)63-60-57-54-51-21-18-15-12-9-6-3)77-71(74)65-62-59-56-53-50-48-46-44-42-40-37-35-33-31-29-27-25-23-20-17-14-11-8-5-2/h12,15,68H,4-11,13-14,16-67H2,1-3H3/b15-12-. The van der Waals surface area contributed by atoms with Crippen molar-refractivity contribution in [3.63, 3.8) is 0 Å². The normalized spacial score (nSPS) is 12.0. The number of unbranched alkanes of at least 4 members (excludes halogenated alkanes) is 53. The predicted molar refractivity (Wildman–Crippen MR) is 335 cm³/mol. The SMILES string of the molecule is CCC/C=C\CCCCCCCC(=O)OCC(COC(=O)CCCCCCCCCCCCCCCCCCCCCCCCCCC)OC(=O)CCCCCCCCCCCCCCCCCCCCCCCCCC. The van der Waals surface area contributed by atoms with Crippen LogP contribution in [0.3, 0.4) is 0 Å². The quantitative estimate of drug-likeness (QED) is 0.0261. The summed E-state index contributed by atoms with van der Waals surface area (Å²) in [5, 5.41) is 0. The summed E-state index contributed by atoms with van der Waals surface area (Å²) >= 11 is 0. The van der Waals surface area contributed by atoms with Crippen LogP contribution in [-0.4, -0.2) is 37.2 Å². The van der Waals surface area contributed by atoms with Gasteiger partial charge < -0.3 is 14.2 Å². The maximum absolute atomic E-state index is 12.9. The molecule has 0 amide bonds. The van der Waals surface area contributed by atoms with Crippen molar-refractivity contribution in [3.8, 4) is 0 Å². The van der Waals surface area contributed by atoms with Gasteiger partial charge >= 0.3 is 17.9 Å². The maximum atomic E-state index is 12.9. The van der Waals surface area contributed by atoms with Crippen LogP contribution in [0.2, 0.25) is 0 Å². The summed E-state index contributed by atoms with van der Waals surface area (Å²) in [6.07, 6.45) is 79.8. The molecule has 0 spiro atoms. The molecule has 0 radical (unpaired) electrons. The molecule has 0 rings (SSSR count). The van der Waals surface area contributed by atoms with E-state index in [0.717, 1.165) is 70.6 Å². The first-order valence-corrected chi connectivity index (χ1v) is 35.2. The summed E-state index contributed by atoms with van der Waals surface area (Å²) in [5.41, 5.74) is 0. The molecular formula is C71H136O6. The van der Waals surface area contributed by atoms with Gasteiger partial charge in [0.1, 0.15) is 13.2 Å². The van der Waals surface area contributed by atoms with Crippen molar-refractivity contribution >= 4 is 17.9 Å². The smallest absolute Gasteiger partial charge is 0.306 e. The highest BCUT2D eigenvalue weighted by atomic mass is 16.6. The maximum Gasteiger partial charge on any atom is 0.306 e. The van der Waals surface area contributed by atoms with Gasteiger partial charge in [0.25, 0.3) is 0 Å². The molecule has 0 saturated carbocycles. The van der Waals surface area contributed by atoms with Gasteiger partial charge in [-0.15, -0.1) is 0 Å². The molecule has 0 aliphatic carbocycles. The Morgan fingerprint density at radius 2 is 0.455 bits per heavy atom. The van der Waals surface area contributed by atoms with Gasteiger partial charge in [0.2, 0.25) is 0 Å². The van der Waals surface area contributed by atoms with Gasteiger partial charge in [-0.25, -0.2) is 0 Å². The van der Waals surface area contributed by atoms with Gasteiger partial charge in [0.05, 0.1) is 0 Å². The van der Waals surface area contributed by atoms with Crippen LogP contribution in [0.25, 0.3) is 0 Å². The molecule has 0 bridgehead atoms. The van der Waals surface area contributed by atoms with Crippen LogP contribution in [0.4, 0.5) is 0 Å². The minimum absolute atomic E-state index is 0.0660. The zero-order valence-electron chi connectivity index (χ0n) is 52.5. The molecule has 456 valence electrons. The van der Waals surface area contributed by atoms with Gasteiger partial charge in [-0.3, -0.25) is 14.4 Å². The molecule has 0 saturated heterocycles. The van der Waals surface area contributed by atoms with E-state index in [9.17, 15) is 14.4 Å². The number of carbonyl (C=O) groups is 3. The second-order valence-electron chi connectivity index (χ2n) is 24.2.